The van der Waals surface area contributed by atoms with Crippen LogP contribution in [0, 0.1) is 0 Å². The van der Waals surface area contributed by atoms with Crippen molar-refractivity contribution in [2.45, 2.75) is 25.3 Å². The normalized spacial score (nSPS) is 22.3. The number of halogens is 1. The number of hydrogen-bond acceptors (Lipinski definition) is 6. The van der Waals surface area contributed by atoms with E-state index < -0.39 is 0 Å². The molecule has 146 valence electrons. The molecule has 0 aromatic carbocycles. The van der Waals surface area contributed by atoms with Crippen LogP contribution in [0.25, 0.3) is 9.88 Å². The Balaban J connectivity index is 1.29. The molecule has 1 amide bonds. The largest absolute Gasteiger partial charge is 0.340 e. The molecule has 0 saturated carbocycles. The number of rotatable bonds is 4. The predicted octanol–water partition coefficient (Wildman–Crippen LogP) is 3.31. The average Bonchev–Trinajstić information content (AvgIpc) is 3.31. The van der Waals surface area contributed by atoms with E-state index >= 15 is 0 Å². The van der Waals surface area contributed by atoms with E-state index in [2.05, 4.69) is 21.8 Å². The van der Waals surface area contributed by atoms with Crippen LogP contribution >= 0.6 is 34.3 Å². The summed E-state index contributed by atoms with van der Waals surface area (Å²) in [7, 11) is 2.21. The number of hydrogen-bond donors (Lipinski definition) is 0. The summed E-state index contributed by atoms with van der Waals surface area (Å²) in [6.07, 6.45) is 2.95. The van der Waals surface area contributed by atoms with E-state index in [1.807, 2.05) is 22.4 Å². The van der Waals surface area contributed by atoms with Crippen LogP contribution in [0.3, 0.4) is 0 Å². The second kappa shape index (κ2) is 8.57. The molecule has 2 aliphatic rings. The Morgan fingerprint density at radius 2 is 2.07 bits per heavy atom. The van der Waals surface area contributed by atoms with Gasteiger partial charge >= 0.3 is 0 Å². The summed E-state index contributed by atoms with van der Waals surface area (Å²) in [5, 5.41) is 2.94. The van der Waals surface area contributed by atoms with E-state index in [0.29, 0.717) is 12.5 Å². The molecule has 2 aromatic heterocycles. The zero-order chi connectivity index (χ0) is 18.8. The lowest BCUT2D eigenvalue weighted by atomic mass is 10.0. The Bertz CT molecular complexity index is 784. The molecule has 0 aliphatic carbocycles. The zero-order valence-corrected chi connectivity index (χ0v) is 18.0. The first-order valence-corrected chi connectivity index (χ1v) is 11.6. The Kier molecular flexibility index (Phi) is 6.14. The topological polar surface area (TPSA) is 39.7 Å². The number of thiophene rings is 1. The molecule has 2 aliphatic heterocycles. The lowest BCUT2D eigenvalue weighted by molar-refractivity contribution is -0.132. The number of likely N-dealkylation sites (tertiary alicyclic amines) is 1. The van der Waals surface area contributed by atoms with Crippen LogP contribution in [0.1, 0.15) is 18.5 Å². The molecule has 1 unspecified atom stereocenters. The van der Waals surface area contributed by atoms with Crippen molar-refractivity contribution in [1.82, 2.24) is 19.7 Å². The van der Waals surface area contributed by atoms with Crippen LogP contribution in [0.15, 0.2) is 17.5 Å². The molecule has 2 aromatic rings. The minimum Gasteiger partial charge on any atom is -0.340 e. The Morgan fingerprint density at radius 1 is 1.26 bits per heavy atom. The standard InChI is InChI=1S/C19H25ClN4OS2/c1-22-6-2-3-15(12-22)23-7-9-24(10-8-23)18(25)11-14-13-26-19(21-14)16-4-5-17(20)27-16/h4-5,13,15H,2-3,6-12H2,1H3. The molecule has 4 rings (SSSR count). The van der Waals surface area contributed by atoms with Gasteiger partial charge in [-0.05, 0) is 38.6 Å². The fourth-order valence-corrected chi connectivity index (χ4v) is 5.91. The number of thiazole rings is 1. The van der Waals surface area contributed by atoms with Gasteiger partial charge in [-0.3, -0.25) is 9.69 Å². The van der Waals surface area contributed by atoms with Gasteiger partial charge in [0.05, 0.1) is 21.3 Å². The first-order chi connectivity index (χ1) is 13.1. The second-order valence-electron chi connectivity index (χ2n) is 7.40. The molecule has 1 atom stereocenters. The minimum absolute atomic E-state index is 0.191. The molecule has 0 radical (unpaired) electrons. The van der Waals surface area contributed by atoms with Gasteiger partial charge in [-0.25, -0.2) is 4.98 Å². The average molecular weight is 425 g/mol. The van der Waals surface area contributed by atoms with Crippen molar-refractivity contribution in [3.63, 3.8) is 0 Å². The van der Waals surface area contributed by atoms with E-state index in [0.717, 1.165) is 52.6 Å². The number of piperidine rings is 1. The fraction of sp³-hybridized carbons (Fsp3) is 0.579. The molecule has 2 saturated heterocycles. The van der Waals surface area contributed by atoms with E-state index in [4.69, 9.17) is 11.6 Å². The Morgan fingerprint density at radius 3 is 2.78 bits per heavy atom. The van der Waals surface area contributed by atoms with Crippen molar-refractivity contribution in [2.24, 2.45) is 0 Å². The summed E-state index contributed by atoms with van der Waals surface area (Å²) in [6, 6.07) is 4.52. The van der Waals surface area contributed by atoms with Gasteiger partial charge in [0.25, 0.3) is 0 Å². The highest BCUT2D eigenvalue weighted by atomic mass is 35.5. The maximum absolute atomic E-state index is 12.7. The molecule has 0 N–H and O–H groups in total. The summed E-state index contributed by atoms with van der Waals surface area (Å²) in [5.74, 6) is 0.191. The molecule has 4 heterocycles. The predicted molar refractivity (Wildman–Crippen MR) is 113 cm³/mol. The smallest absolute Gasteiger partial charge is 0.228 e. The second-order valence-corrected chi connectivity index (χ2v) is 9.97. The third-order valence-electron chi connectivity index (χ3n) is 5.45. The van der Waals surface area contributed by atoms with Crippen molar-refractivity contribution >= 4 is 40.2 Å². The van der Waals surface area contributed by atoms with Gasteiger partial charge in [0.2, 0.25) is 5.91 Å². The number of aromatic nitrogens is 1. The van der Waals surface area contributed by atoms with Crippen molar-refractivity contribution in [3.8, 4) is 9.88 Å². The monoisotopic (exact) mass is 424 g/mol. The van der Waals surface area contributed by atoms with Crippen LogP contribution < -0.4 is 0 Å². The van der Waals surface area contributed by atoms with E-state index in [1.54, 1.807) is 11.3 Å². The number of likely N-dealkylation sites (N-methyl/N-ethyl adjacent to an activating group) is 1. The number of carbonyl (C=O) groups is 1. The van der Waals surface area contributed by atoms with Crippen molar-refractivity contribution in [1.29, 1.82) is 0 Å². The van der Waals surface area contributed by atoms with Gasteiger partial charge in [-0.15, -0.1) is 22.7 Å². The summed E-state index contributed by atoms with van der Waals surface area (Å²) in [6.45, 7) is 6.00. The third-order valence-corrected chi connectivity index (χ3v) is 7.74. The van der Waals surface area contributed by atoms with Crippen molar-refractivity contribution < 1.29 is 4.79 Å². The number of nitrogens with zero attached hydrogens (tertiary/aromatic N) is 4. The molecular weight excluding hydrogens is 400 g/mol. The molecule has 8 heteroatoms. The van der Waals surface area contributed by atoms with E-state index in [9.17, 15) is 4.79 Å². The minimum atomic E-state index is 0.191. The van der Waals surface area contributed by atoms with Gasteiger partial charge in [-0.1, -0.05) is 11.6 Å². The van der Waals surface area contributed by atoms with Gasteiger partial charge in [0, 0.05) is 44.1 Å². The van der Waals surface area contributed by atoms with Crippen LogP contribution in [0.4, 0.5) is 0 Å². The molecular formula is C19H25ClN4OS2. The Labute approximate surface area is 173 Å². The van der Waals surface area contributed by atoms with Crippen LogP contribution in [-0.4, -0.2) is 77.9 Å². The number of carbonyl (C=O) groups excluding carboxylic acids is 1. The molecule has 0 bridgehead atoms. The lowest BCUT2D eigenvalue weighted by Gasteiger charge is -2.42. The van der Waals surface area contributed by atoms with E-state index in [1.165, 1.54) is 30.7 Å². The zero-order valence-electron chi connectivity index (χ0n) is 15.6. The van der Waals surface area contributed by atoms with Crippen LogP contribution in [0.5, 0.6) is 0 Å². The van der Waals surface area contributed by atoms with Crippen LogP contribution in [-0.2, 0) is 11.2 Å². The summed E-state index contributed by atoms with van der Waals surface area (Å²) in [4.78, 5) is 25.4. The maximum atomic E-state index is 12.7. The fourth-order valence-electron chi connectivity index (χ4n) is 3.97. The molecule has 0 spiro atoms. The van der Waals surface area contributed by atoms with Gasteiger partial charge < -0.3 is 9.80 Å². The number of piperazine rings is 1. The first-order valence-electron chi connectivity index (χ1n) is 9.49. The van der Waals surface area contributed by atoms with Crippen molar-refractivity contribution in [2.75, 3.05) is 46.3 Å². The quantitative estimate of drug-likeness (QED) is 0.754. The maximum Gasteiger partial charge on any atom is 0.228 e. The van der Waals surface area contributed by atoms with E-state index in [-0.39, 0.29) is 5.91 Å². The highest BCUT2D eigenvalue weighted by molar-refractivity contribution is 7.23. The van der Waals surface area contributed by atoms with Crippen LogP contribution in [0.2, 0.25) is 4.34 Å². The Hall–Kier alpha value is -0.990. The van der Waals surface area contributed by atoms with Gasteiger partial charge in [-0.2, -0.15) is 0 Å². The molecule has 2 fully saturated rings. The summed E-state index contributed by atoms with van der Waals surface area (Å²) < 4.78 is 0.764. The lowest BCUT2D eigenvalue weighted by Crippen LogP contribution is -2.55. The number of amides is 1. The van der Waals surface area contributed by atoms with Gasteiger partial charge in [0.1, 0.15) is 5.01 Å². The third kappa shape index (κ3) is 4.71. The molecule has 5 nitrogen and oxygen atoms in total. The summed E-state index contributed by atoms with van der Waals surface area (Å²) >= 11 is 9.11. The highest BCUT2D eigenvalue weighted by Crippen LogP contribution is 2.33. The SMILES string of the molecule is CN1CCCC(N2CCN(C(=O)Cc3csc(-c4ccc(Cl)s4)n3)CC2)C1. The van der Waals surface area contributed by atoms with Crippen molar-refractivity contribution in [3.05, 3.63) is 27.5 Å². The van der Waals surface area contributed by atoms with Gasteiger partial charge in [0.15, 0.2) is 0 Å². The summed E-state index contributed by atoms with van der Waals surface area (Å²) in [5.41, 5.74) is 0.862. The highest BCUT2D eigenvalue weighted by Gasteiger charge is 2.28. The first kappa shape index (κ1) is 19.3. The molecule has 27 heavy (non-hydrogen) atoms.